The lowest BCUT2D eigenvalue weighted by atomic mass is 10.0. The van der Waals surface area contributed by atoms with Crippen molar-refractivity contribution in [2.45, 2.75) is 32.2 Å². The van der Waals surface area contributed by atoms with Crippen LogP contribution in [0.15, 0.2) is 24.3 Å². The van der Waals surface area contributed by atoms with Gasteiger partial charge in [0.05, 0.1) is 7.11 Å². The van der Waals surface area contributed by atoms with Crippen LogP contribution in [0.1, 0.15) is 25.3 Å². The van der Waals surface area contributed by atoms with Crippen LogP contribution in [-0.2, 0) is 16.0 Å². The third kappa shape index (κ3) is 4.98. The van der Waals surface area contributed by atoms with Crippen molar-refractivity contribution >= 4 is 12.1 Å². The topological polar surface area (TPSA) is 87.1 Å². The van der Waals surface area contributed by atoms with Gasteiger partial charge < -0.3 is 14.9 Å². The SMILES string of the molecule is CCCCN(C(=O)O)[C@@H](Cc1ccc(O)cc1)C(=O)OC. The maximum absolute atomic E-state index is 11.9. The van der Waals surface area contributed by atoms with Gasteiger partial charge in [-0.1, -0.05) is 25.5 Å². The summed E-state index contributed by atoms with van der Waals surface area (Å²) in [5.74, 6) is -0.462. The Balaban J connectivity index is 2.94. The number of carbonyl (C=O) groups is 2. The van der Waals surface area contributed by atoms with Gasteiger partial charge in [0, 0.05) is 13.0 Å². The maximum atomic E-state index is 11.9. The Morgan fingerprint density at radius 3 is 2.38 bits per heavy atom. The molecule has 1 rings (SSSR count). The molecular weight excluding hydrogens is 274 g/mol. The first kappa shape index (κ1) is 16.8. The van der Waals surface area contributed by atoms with Crippen LogP contribution < -0.4 is 0 Å². The highest BCUT2D eigenvalue weighted by atomic mass is 16.5. The molecule has 1 atom stereocenters. The molecule has 0 aromatic heterocycles. The molecule has 1 aromatic carbocycles. The van der Waals surface area contributed by atoms with Crippen molar-refractivity contribution in [1.82, 2.24) is 4.90 Å². The summed E-state index contributed by atoms with van der Waals surface area (Å²) >= 11 is 0. The first-order valence-corrected chi connectivity index (χ1v) is 6.84. The number of methoxy groups -OCH3 is 1. The molecule has 0 fully saturated rings. The Morgan fingerprint density at radius 2 is 1.90 bits per heavy atom. The Hall–Kier alpha value is -2.24. The highest BCUT2D eigenvalue weighted by molar-refractivity contribution is 5.81. The van der Waals surface area contributed by atoms with E-state index < -0.39 is 18.1 Å². The van der Waals surface area contributed by atoms with E-state index in [1.165, 1.54) is 19.2 Å². The van der Waals surface area contributed by atoms with Crippen molar-refractivity contribution in [3.05, 3.63) is 29.8 Å². The molecule has 116 valence electrons. The predicted octanol–water partition coefficient (Wildman–Crippen LogP) is 2.26. The van der Waals surface area contributed by atoms with Crippen LogP contribution in [0.25, 0.3) is 0 Å². The van der Waals surface area contributed by atoms with E-state index in [-0.39, 0.29) is 18.7 Å². The average molecular weight is 295 g/mol. The number of amides is 1. The van der Waals surface area contributed by atoms with Gasteiger partial charge in [0.15, 0.2) is 0 Å². The quantitative estimate of drug-likeness (QED) is 0.753. The molecule has 2 N–H and O–H groups in total. The van der Waals surface area contributed by atoms with Crippen molar-refractivity contribution in [2.24, 2.45) is 0 Å². The molecule has 1 amide bonds. The standard InChI is InChI=1S/C15H21NO5/c1-3-4-9-16(15(19)20)13(14(18)21-2)10-11-5-7-12(17)8-6-11/h5-8,13,17H,3-4,9-10H2,1-2H3,(H,19,20)/t13-/m0/s1. The molecule has 0 saturated heterocycles. The molecular formula is C15H21NO5. The largest absolute Gasteiger partial charge is 0.508 e. The second-order valence-corrected chi connectivity index (χ2v) is 4.74. The number of carbonyl (C=O) groups excluding carboxylic acids is 1. The van der Waals surface area contributed by atoms with Gasteiger partial charge in [0.1, 0.15) is 11.8 Å². The molecule has 0 heterocycles. The number of esters is 1. The summed E-state index contributed by atoms with van der Waals surface area (Å²) in [6, 6.07) is 5.43. The van der Waals surface area contributed by atoms with Gasteiger partial charge in [-0.05, 0) is 24.1 Å². The third-order valence-corrected chi connectivity index (χ3v) is 3.21. The average Bonchev–Trinajstić information content (AvgIpc) is 2.47. The molecule has 6 nitrogen and oxygen atoms in total. The molecule has 0 aliphatic rings. The Labute approximate surface area is 124 Å². The predicted molar refractivity (Wildman–Crippen MR) is 77.3 cm³/mol. The van der Waals surface area contributed by atoms with Crippen LogP contribution >= 0.6 is 0 Å². The van der Waals surface area contributed by atoms with Crippen molar-refractivity contribution < 1.29 is 24.5 Å². The molecule has 6 heteroatoms. The van der Waals surface area contributed by atoms with Crippen LogP contribution in [-0.4, -0.2) is 46.9 Å². The molecule has 0 spiro atoms. The van der Waals surface area contributed by atoms with Gasteiger partial charge >= 0.3 is 12.1 Å². The zero-order chi connectivity index (χ0) is 15.8. The minimum Gasteiger partial charge on any atom is -0.508 e. The van der Waals surface area contributed by atoms with Crippen LogP contribution in [0, 0.1) is 0 Å². The number of benzene rings is 1. The van der Waals surface area contributed by atoms with Gasteiger partial charge in [0.2, 0.25) is 0 Å². The van der Waals surface area contributed by atoms with Gasteiger partial charge in [-0.3, -0.25) is 4.90 Å². The van der Waals surface area contributed by atoms with E-state index in [9.17, 15) is 19.8 Å². The van der Waals surface area contributed by atoms with E-state index in [0.717, 1.165) is 16.9 Å². The number of carboxylic acid groups (broad SMARTS) is 1. The lowest BCUT2D eigenvalue weighted by Gasteiger charge is -2.27. The summed E-state index contributed by atoms with van der Waals surface area (Å²) in [5.41, 5.74) is 0.756. The van der Waals surface area contributed by atoms with Gasteiger partial charge in [-0.25, -0.2) is 9.59 Å². The molecule has 1 aromatic rings. The van der Waals surface area contributed by atoms with Crippen LogP contribution in [0.5, 0.6) is 5.75 Å². The fourth-order valence-corrected chi connectivity index (χ4v) is 2.03. The minimum atomic E-state index is -1.14. The highest BCUT2D eigenvalue weighted by Crippen LogP contribution is 2.15. The van der Waals surface area contributed by atoms with Crippen molar-refractivity contribution in [3.63, 3.8) is 0 Å². The van der Waals surface area contributed by atoms with Gasteiger partial charge in [-0.2, -0.15) is 0 Å². The summed E-state index contributed by atoms with van der Waals surface area (Å²) in [5, 5.41) is 18.6. The molecule has 0 saturated carbocycles. The lowest BCUT2D eigenvalue weighted by molar-refractivity contribution is -0.146. The number of rotatable bonds is 7. The molecule has 0 aliphatic carbocycles. The maximum Gasteiger partial charge on any atom is 0.408 e. The third-order valence-electron chi connectivity index (χ3n) is 3.21. The summed E-state index contributed by atoms with van der Waals surface area (Å²) in [6.07, 6.45) is 0.576. The Kier molecular flexibility index (Phi) is 6.52. The van der Waals surface area contributed by atoms with E-state index >= 15 is 0 Å². The summed E-state index contributed by atoms with van der Waals surface area (Å²) in [7, 11) is 1.24. The summed E-state index contributed by atoms with van der Waals surface area (Å²) in [6.45, 7) is 2.23. The van der Waals surface area contributed by atoms with Crippen LogP contribution in [0.4, 0.5) is 4.79 Å². The Bertz CT molecular complexity index is 471. The summed E-state index contributed by atoms with van der Waals surface area (Å²) in [4.78, 5) is 24.4. The highest BCUT2D eigenvalue weighted by Gasteiger charge is 2.30. The normalized spacial score (nSPS) is 11.7. The van der Waals surface area contributed by atoms with E-state index in [0.29, 0.717) is 6.42 Å². The number of hydrogen-bond acceptors (Lipinski definition) is 4. The van der Waals surface area contributed by atoms with Crippen LogP contribution in [0.3, 0.4) is 0 Å². The monoisotopic (exact) mass is 295 g/mol. The van der Waals surface area contributed by atoms with E-state index in [1.807, 2.05) is 6.92 Å². The first-order valence-electron chi connectivity index (χ1n) is 6.84. The number of ether oxygens (including phenoxy) is 1. The van der Waals surface area contributed by atoms with E-state index in [1.54, 1.807) is 12.1 Å². The van der Waals surface area contributed by atoms with E-state index in [4.69, 9.17) is 4.74 Å². The van der Waals surface area contributed by atoms with Gasteiger partial charge in [-0.15, -0.1) is 0 Å². The number of nitrogens with zero attached hydrogens (tertiary/aromatic N) is 1. The zero-order valence-corrected chi connectivity index (χ0v) is 12.3. The molecule has 21 heavy (non-hydrogen) atoms. The number of phenols is 1. The van der Waals surface area contributed by atoms with Gasteiger partial charge in [0.25, 0.3) is 0 Å². The summed E-state index contributed by atoms with van der Waals surface area (Å²) < 4.78 is 4.73. The second kappa shape index (κ2) is 8.14. The first-order chi connectivity index (χ1) is 9.99. The fourth-order valence-electron chi connectivity index (χ4n) is 2.03. The van der Waals surface area contributed by atoms with Crippen molar-refractivity contribution in [2.75, 3.05) is 13.7 Å². The lowest BCUT2D eigenvalue weighted by Crippen LogP contribution is -2.46. The zero-order valence-electron chi connectivity index (χ0n) is 12.3. The Morgan fingerprint density at radius 1 is 1.29 bits per heavy atom. The fraction of sp³-hybridized carbons (Fsp3) is 0.467. The van der Waals surface area contributed by atoms with Crippen molar-refractivity contribution in [1.29, 1.82) is 0 Å². The number of hydrogen-bond donors (Lipinski definition) is 2. The van der Waals surface area contributed by atoms with Crippen molar-refractivity contribution in [3.8, 4) is 5.75 Å². The van der Waals surface area contributed by atoms with E-state index in [2.05, 4.69) is 0 Å². The number of unbranched alkanes of at least 4 members (excludes halogenated alkanes) is 1. The number of phenolic OH excluding ortho intramolecular Hbond substituents is 1. The molecule has 0 radical (unpaired) electrons. The minimum absolute atomic E-state index is 0.120. The number of aromatic hydroxyl groups is 1. The molecule has 0 aliphatic heterocycles. The molecule has 0 bridgehead atoms. The molecule has 0 unspecified atom stereocenters. The smallest absolute Gasteiger partial charge is 0.408 e. The second-order valence-electron chi connectivity index (χ2n) is 4.74. The van der Waals surface area contributed by atoms with Crippen LogP contribution in [0.2, 0.25) is 0 Å².